The third-order valence-corrected chi connectivity index (χ3v) is 4.67. The fraction of sp³-hybridized carbons (Fsp3) is 0.923. The van der Waals surface area contributed by atoms with Crippen LogP contribution in [0.4, 0.5) is 0 Å². The van der Waals surface area contributed by atoms with Crippen LogP contribution in [0.15, 0.2) is 0 Å². The van der Waals surface area contributed by atoms with Gasteiger partial charge in [0.25, 0.3) is 0 Å². The molecule has 0 atom stereocenters. The quantitative estimate of drug-likeness (QED) is 0.688. The first-order valence-corrected chi connectivity index (χ1v) is 8.96. The Kier molecular flexibility index (Phi) is 6.91. The molecule has 0 spiro atoms. The second-order valence-electron chi connectivity index (χ2n) is 5.59. The smallest absolute Gasteiger partial charge is 0.224 e. The molecule has 1 aliphatic rings. The lowest BCUT2D eigenvalue weighted by Gasteiger charge is -2.28. The number of amides is 1. The van der Waals surface area contributed by atoms with E-state index in [1.807, 2.05) is 0 Å². The van der Waals surface area contributed by atoms with E-state index in [9.17, 15) is 13.2 Å². The summed E-state index contributed by atoms with van der Waals surface area (Å²) in [6.45, 7) is 7.19. The van der Waals surface area contributed by atoms with Crippen molar-refractivity contribution in [2.24, 2.45) is 5.92 Å². The van der Waals surface area contributed by atoms with Gasteiger partial charge in [-0.05, 0) is 12.3 Å². The maximum atomic E-state index is 12.0. The van der Waals surface area contributed by atoms with Crippen LogP contribution >= 0.6 is 0 Å². The highest BCUT2D eigenvalue weighted by Crippen LogP contribution is 2.08. The third-order valence-electron chi connectivity index (χ3n) is 3.36. The molecule has 0 aliphatic carbocycles. The molecule has 0 aromatic rings. The van der Waals surface area contributed by atoms with Gasteiger partial charge >= 0.3 is 0 Å². The van der Waals surface area contributed by atoms with Gasteiger partial charge < -0.3 is 9.64 Å². The molecule has 1 amide bonds. The zero-order chi connectivity index (χ0) is 15.2. The number of sulfonamides is 1. The van der Waals surface area contributed by atoms with Crippen molar-refractivity contribution in [3.8, 4) is 0 Å². The number of hydrogen-bond donors (Lipinski definition) is 0. The molecule has 0 N–H and O–H groups in total. The summed E-state index contributed by atoms with van der Waals surface area (Å²) in [6.07, 6.45) is 2.25. The predicted molar refractivity (Wildman–Crippen MR) is 77.9 cm³/mol. The van der Waals surface area contributed by atoms with Crippen molar-refractivity contribution in [1.29, 1.82) is 0 Å². The Bertz CT molecular complexity index is 403. The second-order valence-corrected chi connectivity index (χ2v) is 7.57. The molecule has 6 nitrogen and oxygen atoms in total. The predicted octanol–water partition coefficient (Wildman–Crippen LogP) is 0.543. The Morgan fingerprint density at radius 1 is 1.25 bits per heavy atom. The Morgan fingerprint density at radius 2 is 1.85 bits per heavy atom. The van der Waals surface area contributed by atoms with Gasteiger partial charge in [-0.2, -0.15) is 0 Å². The highest BCUT2D eigenvalue weighted by atomic mass is 32.2. The molecule has 1 heterocycles. The van der Waals surface area contributed by atoms with Crippen molar-refractivity contribution < 1.29 is 17.9 Å². The summed E-state index contributed by atoms with van der Waals surface area (Å²) in [5, 5.41) is 0. The monoisotopic (exact) mass is 306 g/mol. The standard InChI is InChI=1S/C13H26N2O4S/c1-12(2)4-6-15(20(3,17)18)7-5-13(16)14-8-10-19-11-9-14/h12H,4-11H2,1-3H3. The van der Waals surface area contributed by atoms with Gasteiger partial charge in [0, 0.05) is 32.6 Å². The van der Waals surface area contributed by atoms with Crippen molar-refractivity contribution in [2.45, 2.75) is 26.7 Å². The summed E-state index contributed by atoms with van der Waals surface area (Å²) in [7, 11) is -3.25. The van der Waals surface area contributed by atoms with Gasteiger partial charge in [0.05, 0.1) is 19.5 Å². The molecule has 1 rings (SSSR count). The Hall–Kier alpha value is -0.660. The zero-order valence-electron chi connectivity index (χ0n) is 12.7. The minimum Gasteiger partial charge on any atom is -0.378 e. The molecule has 0 saturated carbocycles. The highest BCUT2D eigenvalue weighted by Gasteiger charge is 2.21. The summed E-state index contributed by atoms with van der Waals surface area (Å²) in [4.78, 5) is 13.8. The normalized spacial score (nSPS) is 16.9. The second kappa shape index (κ2) is 7.95. The number of nitrogens with zero attached hydrogens (tertiary/aromatic N) is 2. The largest absolute Gasteiger partial charge is 0.378 e. The van der Waals surface area contributed by atoms with Crippen LogP contribution in [-0.4, -0.2) is 69.2 Å². The van der Waals surface area contributed by atoms with Crippen LogP contribution in [0.2, 0.25) is 0 Å². The van der Waals surface area contributed by atoms with Gasteiger partial charge in [0.1, 0.15) is 0 Å². The molecule has 118 valence electrons. The number of ether oxygens (including phenoxy) is 1. The van der Waals surface area contributed by atoms with Crippen molar-refractivity contribution in [3.63, 3.8) is 0 Å². The van der Waals surface area contributed by atoms with Gasteiger partial charge in [-0.1, -0.05) is 13.8 Å². The molecule has 7 heteroatoms. The summed E-state index contributed by atoms with van der Waals surface area (Å²) >= 11 is 0. The van der Waals surface area contributed by atoms with E-state index in [1.54, 1.807) is 4.90 Å². The fourth-order valence-corrected chi connectivity index (χ4v) is 2.90. The van der Waals surface area contributed by atoms with Crippen molar-refractivity contribution in [1.82, 2.24) is 9.21 Å². The SMILES string of the molecule is CC(C)CCN(CCC(=O)N1CCOCC1)S(C)(=O)=O. The van der Waals surface area contributed by atoms with E-state index < -0.39 is 10.0 Å². The summed E-state index contributed by atoms with van der Waals surface area (Å²) in [6, 6.07) is 0. The molecule has 1 saturated heterocycles. The lowest BCUT2D eigenvalue weighted by atomic mass is 10.1. The summed E-state index contributed by atoms with van der Waals surface area (Å²) in [5.41, 5.74) is 0. The Balaban J connectivity index is 2.46. The van der Waals surface area contributed by atoms with Crippen molar-refractivity contribution in [2.75, 3.05) is 45.6 Å². The van der Waals surface area contributed by atoms with Crippen LogP contribution in [-0.2, 0) is 19.6 Å². The third kappa shape index (κ3) is 6.19. The minimum absolute atomic E-state index is 0.00602. The number of carbonyl (C=O) groups excluding carboxylic acids is 1. The maximum absolute atomic E-state index is 12.0. The van der Waals surface area contributed by atoms with Gasteiger partial charge in [0.15, 0.2) is 0 Å². The first kappa shape index (κ1) is 17.4. The van der Waals surface area contributed by atoms with E-state index in [0.717, 1.165) is 6.42 Å². The molecule has 0 radical (unpaired) electrons. The molecule has 1 fully saturated rings. The average Bonchev–Trinajstić information content (AvgIpc) is 2.37. The average molecular weight is 306 g/mol. The van der Waals surface area contributed by atoms with E-state index in [1.165, 1.54) is 10.6 Å². The molecule has 0 aromatic carbocycles. The molecular weight excluding hydrogens is 280 g/mol. The van der Waals surface area contributed by atoms with E-state index in [0.29, 0.717) is 38.8 Å². The van der Waals surface area contributed by atoms with Gasteiger partial charge in [-0.25, -0.2) is 12.7 Å². The number of carbonyl (C=O) groups is 1. The Labute approximate surface area is 122 Å². The molecular formula is C13H26N2O4S. The first-order valence-electron chi connectivity index (χ1n) is 7.11. The fourth-order valence-electron chi connectivity index (χ4n) is 2.04. The van der Waals surface area contributed by atoms with Crippen molar-refractivity contribution >= 4 is 15.9 Å². The van der Waals surface area contributed by atoms with Crippen molar-refractivity contribution in [3.05, 3.63) is 0 Å². The lowest BCUT2D eigenvalue weighted by Crippen LogP contribution is -2.42. The summed E-state index contributed by atoms with van der Waals surface area (Å²) in [5.74, 6) is 0.445. The molecule has 20 heavy (non-hydrogen) atoms. The first-order chi connectivity index (χ1) is 9.30. The van der Waals surface area contributed by atoms with E-state index >= 15 is 0 Å². The lowest BCUT2D eigenvalue weighted by molar-refractivity contribution is -0.135. The van der Waals surface area contributed by atoms with Crippen LogP contribution < -0.4 is 0 Å². The topological polar surface area (TPSA) is 66.9 Å². The highest BCUT2D eigenvalue weighted by molar-refractivity contribution is 7.88. The van der Waals surface area contributed by atoms with Crippen LogP contribution in [0.5, 0.6) is 0 Å². The summed E-state index contributed by atoms with van der Waals surface area (Å²) < 4.78 is 30.0. The molecule has 1 aliphatic heterocycles. The molecule has 0 unspecified atom stereocenters. The van der Waals surface area contributed by atoms with Gasteiger partial charge in [-0.3, -0.25) is 4.79 Å². The van der Waals surface area contributed by atoms with Crippen LogP contribution in [0.3, 0.4) is 0 Å². The zero-order valence-corrected chi connectivity index (χ0v) is 13.5. The molecule has 0 bridgehead atoms. The number of morpholine rings is 1. The van der Waals surface area contributed by atoms with E-state index in [2.05, 4.69) is 13.8 Å². The van der Waals surface area contributed by atoms with Gasteiger partial charge in [-0.15, -0.1) is 0 Å². The number of rotatable bonds is 7. The van der Waals surface area contributed by atoms with E-state index in [4.69, 9.17) is 4.74 Å². The Morgan fingerprint density at radius 3 is 2.35 bits per heavy atom. The maximum Gasteiger partial charge on any atom is 0.224 e. The minimum atomic E-state index is -3.25. The van der Waals surface area contributed by atoms with Crippen LogP contribution in [0.25, 0.3) is 0 Å². The van der Waals surface area contributed by atoms with E-state index in [-0.39, 0.29) is 18.9 Å². The molecule has 0 aromatic heterocycles. The van der Waals surface area contributed by atoms with Crippen LogP contribution in [0.1, 0.15) is 26.7 Å². The van der Waals surface area contributed by atoms with Crippen LogP contribution in [0, 0.1) is 5.92 Å². The van der Waals surface area contributed by atoms with Gasteiger partial charge in [0.2, 0.25) is 15.9 Å². The number of hydrogen-bond acceptors (Lipinski definition) is 4.